The molecule has 2 heterocycles. The average molecular weight is 368 g/mol. The number of nitrogens with zero attached hydrogens (tertiary/aromatic N) is 5. The summed E-state index contributed by atoms with van der Waals surface area (Å²) >= 11 is 0. The first-order valence-electron chi connectivity index (χ1n) is 8.62. The Balaban J connectivity index is 1.40. The molecule has 28 heavy (non-hydrogen) atoms. The van der Waals surface area contributed by atoms with Gasteiger partial charge in [-0.2, -0.15) is 0 Å². The zero-order chi connectivity index (χ0) is 19.2. The predicted molar refractivity (Wildman–Crippen MR) is 106 cm³/mol. The van der Waals surface area contributed by atoms with Crippen molar-refractivity contribution < 1.29 is 4.74 Å². The molecule has 0 atom stereocenters. The van der Waals surface area contributed by atoms with Crippen molar-refractivity contribution in [2.24, 2.45) is 0 Å². The highest BCUT2D eigenvalue weighted by molar-refractivity contribution is 5.52. The third-order valence-corrected chi connectivity index (χ3v) is 3.95. The van der Waals surface area contributed by atoms with E-state index >= 15 is 0 Å². The molecule has 0 amide bonds. The van der Waals surface area contributed by atoms with Crippen molar-refractivity contribution in [2.45, 2.75) is 6.54 Å². The van der Waals surface area contributed by atoms with Crippen LogP contribution in [0, 0.1) is 6.57 Å². The number of benzene rings is 2. The van der Waals surface area contributed by atoms with Gasteiger partial charge in [0.1, 0.15) is 23.4 Å². The number of ether oxygens (including phenoxy) is 1. The molecule has 4 rings (SSSR count). The predicted octanol–water partition coefficient (Wildman–Crippen LogP) is 4.62. The Morgan fingerprint density at radius 3 is 2.57 bits per heavy atom. The third-order valence-electron chi connectivity index (χ3n) is 3.95. The van der Waals surface area contributed by atoms with E-state index in [2.05, 4.69) is 25.5 Å². The van der Waals surface area contributed by atoms with Crippen LogP contribution in [-0.2, 0) is 6.54 Å². The van der Waals surface area contributed by atoms with Crippen molar-refractivity contribution in [3.8, 4) is 17.2 Å². The molecule has 136 valence electrons. The summed E-state index contributed by atoms with van der Waals surface area (Å²) in [5.41, 5.74) is 2.49. The Morgan fingerprint density at radius 2 is 1.79 bits per heavy atom. The van der Waals surface area contributed by atoms with Crippen LogP contribution in [0.2, 0.25) is 0 Å². The van der Waals surface area contributed by atoms with Crippen LogP contribution in [0.15, 0.2) is 79.1 Å². The first kappa shape index (κ1) is 17.2. The van der Waals surface area contributed by atoms with Gasteiger partial charge in [-0.3, -0.25) is 0 Å². The number of anilines is 1. The highest BCUT2D eigenvalue weighted by Crippen LogP contribution is 2.22. The van der Waals surface area contributed by atoms with E-state index in [0.717, 1.165) is 28.6 Å². The first-order valence-corrected chi connectivity index (χ1v) is 8.62. The fourth-order valence-electron chi connectivity index (χ4n) is 2.58. The van der Waals surface area contributed by atoms with Gasteiger partial charge in [-0.05, 0) is 42.5 Å². The Morgan fingerprint density at radius 1 is 1.00 bits per heavy atom. The van der Waals surface area contributed by atoms with E-state index in [1.807, 2.05) is 66.9 Å². The number of para-hydroxylation sites is 1. The number of hydrogen-bond acceptors (Lipinski definition) is 5. The van der Waals surface area contributed by atoms with E-state index in [-0.39, 0.29) is 0 Å². The quantitative estimate of drug-likeness (QED) is 0.503. The van der Waals surface area contributed by atoms with Crippen molar-refractivity contribution in [1.82, 2.24) is 20.0 Å². The molecule has 0 saturated carbocycles. The third kappa shape index (κ3) is 4.14. The zero-order valence-corrected chi connectivity index (χ0v) is 14.9. The minimum absolute atomic E-state index is 0.353. The second-order valence-electron chi connectivity index (χ2n) is 5.93. The number of pyridine rings is 1. The lowest BCUT2D eigenvalue weighted by atomic mass is 10.3. The van der Waals surface area contributed by atoms with E-state index in [1.54, 1.807) is 16.9 Å². The average Bonchev–Trinajstić information content (AvgIpc) is 3.23. The maximum atomic E-state index is 7.01. The van der Waals surface area contributed by atoms with Gasteiger partial charge in [0, 0.05) is 11.8 Å². The number of aromatic nitrogens is 4. The normalized spacial score (nSPS) is 10.2. The van der Waals surface area contributed by atoms with Crippen molar-refractivity contribution in [3.05, 3.63) is 96.2 Å². The van der Waals surface area contributed by atoms with Gasteiger partial charge in [-0.15, -0.1) is 10.1 Å². The van der Waals surface area contributed by atoms with Crippen LogP contribution in [0.4, 0.5) is 11.5 Å². The number of rotatable bonds is 6. The van der Waals surface area contributed by atoms with E-state index in [1.165, 1.54) is 0 Å². The first-order chi connectivity index (χ1) is 13.8. The minimum Gasteiger partial charge on any atom is -0.457 e. The van der Waals surface area contributed by atoms with E-state index < -0.39 is 0 Å². The summed E-state index contributed by atoms with van der Waals surface area (Å²) in [5, 5.41) is 11.6. The molecule has 0 bridgehead atoms. The second-order valence-corrected chi connectivity index (χ2v) is 5.93. The number of hydrogen-bond donors (Lipinski definition) is 1. The summed E-state index contributed by atoms with van der Waals surface area (Å²) in [5.74, 6) is 1.90. The molecule has 0 fully saturated rings. The molecule has 4 aromatic rings. The molecule has 0 aliphatic carbocycles. The Hall–Kier alpha value is -4.18. The molecule has 0 saturated heterocycles. The summed E-state index contributed by atoms with van der Waals surface area (Å²) < 4.78 is 7.51. The Kier molecular flexibility index (Phi) is 4.94. The largest absolute Gasteiger partial charge is 0.457 e. The van der Waals surface area contributed by atoms with Gasteiger partial charge in [0.25, 0.3) is 5.82 Å². The molecule has 0 unspecified atom stereocenters. The molecule has 7 nitrogen and oxygen atoms in total. The van der Waals surface area contributed by atoms with Crippen molar-refractivity contribution in [1.29, 1.82) is 0 Å². The lowest BCUT2D eigenvalue weighted by Crippen LogP contribution is -1.99. The van der Waals surface area contributed by atoms with Crippen LogP contribution in [-0.4, -0.2) is 20.0 Å². The molecule has 0 spiro atoms. The standard InChI is InChI=1S/C21H16N6O/c1-22-21-13-16(11-12-23-21)24-14-17-15-27(26-25-17)18-7-9-20(10-8-18)28-19-5-3-2-4-6-19/h2-13,15H,14H2,(H,23,24). The SMILES string of the molecule is [C-]#[N+]c1cc(NCc2cn(-c3ccc(Oc4ccccc4)cc3)nn2)ccn1. The minimum atomic E-state index is 0.353. The van der Waals surface area contributed by atoms with Crippen molar-refractivity contribution in [2.75, 3.05) is 5.32 Å². The smallest absolute Gasteiger partial charge is 0.271 e. The van der Waals surface area contributed by atoms with Gasteiger partial charge < -0.3 is 14.9 Å². The van der Waals surface area contributed by atoms with Crippen molar-refractivity contribution >= 4 is 11.5 Å². The fraction of sp³-hybridized carbons (Fsp3) is 0.0476. The summed E-state index contributed by atoms with van der Waals surface area (Å²) in [6.07, 6.45) is 3.46. The van der Waals surface area contributed by atoms with E-state index in [4.69, 9.17) is 11.3 Å². The molecule has 0 aliphatic rings. The van der Waals surface area contributed by atoms with Crippen LogP contribution in [0.3, 0.4) is 0 Å². The fourth-order valence-corrected chi connectivity index (χ4v) is 2.58. The van der Waals surface area contributed by atoms with Gasteiger partial charge in [0.15, 0.2) is 0 Å². The van der Waals surface area contributed by atoms with Crippen LogP contribution < -0.4 is 10.1 Å². The summed E-state index contributed by atoms with van der Waals surface area (Å²) in [4.78, 5) is 7.27. The maximum absolute atomic E-state index is 7.01. The lowest BCUT2D eigenvalue weighted by Gasteiger charge is -2.06. The van der Waals surface area contributed by atoms with E-state index in [0.29, 0.717) is 12.4 Å². The van der Waals surface area contributed by atoms with Crippen LogP contribution in [0.5, 0.6) is 11.5 Å². The summed E-state index contributed by atoms with van der Waals surface area (Å²) in [7, 11) is 0. The Bertz CT molecular complexity index is 1100. The molecular weight excluding hydrogens is 352 g/mol. The van der Waals surface area contributed by atoms with Gasteiger partial charge in [-0.25, -0.2) is 4.68 Å². The van der Waals surface area contributed by atoms with Gasteiger partial charge in [0.05, 0.1) is 18.4 Å². The van der Waals surface area contributed by atoms with Gasteiger partial charge in [0.2, 0.25) is 0 Å². The topological polar surface area (TPSA) is 69.2 Å². The summed E-state index contributed by atoms with van der Waals surface area (Å²) in [6, 6.07) is 20.8. The van der Waals surface area contributed by atoms with E-state index in [9.17, 15) is 0 Å². The molecule has 2 aromatic carbocycles. The zero-order valence-electron chi connectivity index (χ0n) is 14.9. The monoisotopic (exact) mass is 368 g/mol. The second kappa shape index (κ2) is 8.01. The highest BCUT2D eigenvalue weighted by atomic mass is 16.5. The molecule has 2 aromatic heterocycles. The maximum Gasteiger partial charge on any atom is 0.271 e. The summed E-state index contributed by atoms with van der Waals surface area (Å²) in [6.45, 7) is 7.51. The van der Waals surface area contributed by atoms with Crippen LogP contribution in [0.1, 0.15) is 5.69 Å². The molecule has 1 N–H and O–H groups in total. The Labute approximate surface area is 162 Å². The van der Waals surface area contributed by atoms with Gasteiger partial charge >= 0.3 is 0 Å². The lowest BCUT2D eigenvalue weighted by molar-refractivity contribution is 0.482. The highest BCUT2D eigenvalue weighted by Gasteiger charge is 2.05. The number of nitrogens with one attached hydrogen (secondary N) is 1. The molecule has 0 aliphatic heterocycles. The van der Waals surface area contributed by atoms with Crippen molar-refractivity contribution in [3.63, 3.8) is 0 Å². The molecule has 0 radical (unpaired) electrons. The molecule has 7 heteroatoms. The van der Waals surface area contributed by atoms with Crippen LogP contribution in [0.25, 0.3) is 10.5 Å². The van der Waals surface area contributed by atoms with Crippen LogP contribution >= 0.6 is 0 Å². The molecular formula is C21H16N6O. The van der Waals surface area contributed by atoms with Gasteiger partial charge in [-0.1, -0.05) is 30.0 Å².